The van der Waals surface area contributed by atoms with Gasteiger partial charge in [-0.3, -0.25) is 4.79 Å². The monoisotopic (exact) mass is 373 g/mol. The number of para-hydroxylation sites is 2. The lowest BCUT2D eigenvalue weighted by atomic mass is 10.0. The topological polar surface area (TPSA) is 68.5 Å². The van der Waals surface area contributed by atoms with Crippen LogP contribution in [0.5, 0.6) is 17.2 Å². The van der Waals surface area contributed by atoms with E-state index in [9.17, 15) is 18.8 Å². The van der Waals surface area contributed by atoms with Crippen LogP contribution in [0.25, 0.3) is 6.08 Å². The van der Waals surface area contributed by atoms with Crippen molar-refractivity contribution in [1.82, 2.24) is 0 Å². The third kappa shape index (κ3) is 4.82. The number of methoxy groups -OCH3 is 1. The lowest BCUT2D eigenvalue weighted by Gasteiger charge is -2.14. The minimum atomic E-state index is -3.09. The lowest BCUT2D eigenvalue weighted by Crippen LogP contribution is -2.07. The average Bonchev–Trinajstić information content (AvgIpc) is 2.67. The molecule has 7 heteroatoms. The highest BCUT2D eigenvalue weighted by molar-refractivity contribution is 6.15. The van der Waals surface area contributed by atoms with Gasteiger partial charge in [0.25, 0.3) is 0 Å². The van der Waals surface area contributed by atoms with E-state index in [1.165, 1.54) is 31.4 Å². The number of nitrogens with zero attached hydrogens (tertiary/aromatic N) is 1. The maximum absolute atomic E-state index is 12.8. The zero-order chi connectivity index (χ0) is 19.8. The van der Waals surface area contributed by atoms with Gasteiger partial charge < -0.3 is 14.2 Å². The molecule has 0 atom stereocenters. The first kappa shape index (κ1) is 19.9. The number of ketones is 1. The number of ether oxygens (including phenoxy) is 3. The van der Waals surface area contributed by atoms with Crippen molar-refractivity contribution in [2.24, 2.45) is 0 Å². The molecule has 5 nitrogen and oxygen atoms in total. The summed E-state index contributed by atoms with van der Waals surface area (Å²) in [5.41, 5.74) is 0.0541. The fourth-order valence-electron chi connectivity index (χ4n) is 2.41. The standard InChI is InChI=1S/C20H17F2NO4/c1-3-26-17-10-6-7-13(19(17)27-20(21)22)11-14(12-23)18(24)15-8-4-5-9-16(15)25-2/h4-11,20H,3H2,1-2H3/b14-11+. The molecule has 0 aromatic heterocycles. The number of rotatable bonds is 8. The van der Waals surface area contributed by atoms with Crippen molar-refractivity contribution in [2.75, 3.05) is 13.7 Å². The highest BCUT2D eigenvalue weighted by Gasteiger charge is 2.19. The normalized spacial score (nSPS) is 11.0. The number of carbonyl (C=O) groups is 1. The molecular weight excluding hydrogens is 356 g/mol. The Morgan fingerprint density at radius 2 is 1.89 bits per heavy atom. The minimum absolute atomic E-state index is 0.0913. The Balaban J connectivity index is 2.53. The average molecular weight is 373 g/mol. The van der Waals surface area contributed by atoms with Gasteiger partial charge in [-0.1, -0.05) is 24.3 Å². The Morgan fingerprint density at radius 1 is 1.19 bits per heavy atom. The van der Waals surface area contributed by atoms with Crippen LogP contribution in [0.1, 0.15) is 22.8 Å². The van der Waals surface area contributed by atoms with E-state index >= 15 is 0 Å². The molecule has 0 fully saturated rings. The number of allylic oxidation sites excluding steroid dienone is 1. The molecule has 0 radical (unpaired) electrons. The first-order chi connectivity index (χ1) is 13.0. The second-order valence-electron chi connectivity index (χ2n) is 5.19. The summed E-state index contributed by atoms with van der Waals surface area (Å²) in [7, 11) is 1.40. The number of alkyl halides is 2. The van der Waals surface area contributed by atoms with E-state index in [1.807, 2.05) is 0 Å². The van der Waals surface area contributed by atoms with E-state index < -0.39 is 12.4 Å². The Morgan fingerprint density at radius 3 is 2.52 bits per heavy atom. The van der Waals surface area contributed by atoms with Gasteiger partial charge in [-0.25, -0.2) is 0 Å². The second kappa shape index (κ2) is 9.34. The SMILES string of the molecule is CCOc1cccc(/C=C(\C#N)C(=O)c2ccccc2OC)c1OC(F)F. The Hall–Kier alpha value is -3.40. The van der Waals surface area contributed by atoms with E-state index in [-0.39, 0.29) is 34.8 Å². The number of Topliss-reactive ketones (excluding diaryl/α,β-unsaturated/α-hetero) is 1. The molecule has 0 unspecified atom stereocenters. The Labute approximate surface area is 155 Å². The van der Waals surface area contributed by atoms with Crippen LogP contribution in [-0.2, 0) is 0 Å². The predicted octanol–water partition coefficient (Wildman–Crippen LogP) is 4.49. The highest BCUT2D eigenvalue weighted by atomic mass is 19.3. The zero-order valence-corrected chi connectivity index (χ0v) is 14.7. The highest BCUT2D eigenvalue weighted by Crippen LogP contribution is 2.34. The van der Waals surface area contributed by atoms with Crippen LogP contribution in [0.3, 0.4) is 0 Å². The van der Waals surface area contributed by atoms with Gasteiger partial charge in [0.1, 0.15) is 17.4 Å². The van der Waals surface area contributed by atoms with Crippen LogP contribution in [0.15, 0.2) is 48.0 Å². The van der Waals surface area contributed by atoms with Crippen molar-refractivity contribution in [1.29, 1.82) is 5.26 Å². The molecule has 0 saturated heterocycles. The predicted molar refractivity (Wildman–Crippen MR) is 95.2 cm³/mol. The van der Waals surface area contributed by atoms with E-state index in [0.29, 0.717) is 5.75 Å². The molecule has 140 valence electrons. The van der Waals surface area contributed by atoms with Crippen LogP contribution in [0.2, 0.25) is 0 Å². The van der Waals surface area contributed by atoms with E-state index in [2.05, 4.69) is 4.74 Å². The number of carbonyl (C=O) groups excluding carboxylic acids is 1. The Bertz CT molecular complexity index is 888. The minimum Gasteiger partial charge on any atom is -0.496 e. The number of hydrogen-bond donors (Lipinski definition) is 0. The van der Waals surface area contributed by atoms with Gasteiger partial charge in [-0.05, 0) is 31.2 Å². The summed E-state index contributed by atoms with van der Waals surface area (Å²) >= 11 is 0. The zero-order valence-electron chi connectivity index (χ0n) is 14.7. The third-order valence-electron chi connectivity index (χ3n) is 3.53. The smallest absolute Gasteiger partial charge is 0.387 e. The molecule has 2 aromatic rings. The summed E-state index contributed by atoms with van der Waals surface area (Å²) in [5.74, 6) is -0.445. The maximum Gasteiger partial charge on any atom is 0.387 e. The van der Waals surface area contributed by atoms with E-state index in [4.69, 9.17) is 9.47 Å². The van der Waals surface area contributed by atoms with Gasteiger partial charge in [0, 0.05) is 5.56 Å². The molecule has 0 aliphatic rings. The van der Waals surface area contributed by atoms with Gasteiger partial charge in [0.15, 0.2) is 11.5 Å². The third-order valence-corrected chi connectivity index (χ3v) is 3.53. The van der Waals surface area contributed by atoms with Crippen LogP contribution < -0.4 is 14.2 Å². The fourth-order valence-corrected chi connectivity index (χ4v) is 2.41. The molecule has 0 N–H and O–H groups in total. The second-order valence-corrected chi connectivity index (χ2v) is 5.19. The first-order valence-electron chi connectivity index (χ1n) is 8.01. The lowest BCUT2D eigenvalue weighted by molar-refractivity contribution is -0.0515. The van der Waals surface area contributed by atoms with Crippen LogP contribution in [0, 0.1) is 11.3 Å². The molecule has 0 bridgehead atoms. The maximum atomic E-state index is 12.8. The molecule has 0 amide bonds. The van der Waals surface area contributed by atoms with Crippen molar-refractivity contribution in [2.45, 2.75) is 13.5 Å². The summed E-state index contributed by atoms with van der Waals surface area (Å²) in [6.07, 6.45) is 1.19. The van der Waals surface area contributed by atoms with Crippen molar-refractivity contribution in [3.05, 3.63) is 59.2 Å². The number of halogens is 2. The van der Waals surface area contributed by atoms with E-state index in [1.54, 1.807) is 37.3 Å². The van der Waals surface area contributed by atoms with Gasteiger partial charge in [-0.2, -0.15) is 14.0 Å². The van der Waals surface area contributed by atoms with Crippen LogP contribution >= 0.6 is 0 Å². The molecular formula is C20H17F2NO4. The number of nitriles is 1. The molecule has 0 heterocycles. The molecule has 0 aliphatic carbocycles. The van der Waals surface area contributed by atoms with Gasteiger partial charge in [0.05, 0.1) is 19.3 Å². The molecule has 0 aliphatic heterocycles. The van der Waals surface area contributed by atoms with E-state index in [0.717, 1.165) is 0 Å². The summed E-state index contributed by atoms with van der Waals surface area (Å²) in [5, 5.41) is 9.43. The summed E-state index contributed by atoms with van der Waals surface area (Å²) in [6, 6.07) is 12.7. The largest absolute Gasteiger partial charge is 0.496 e. The molecule has 27 heavy (non-hydrogen) atoms. The molecule has 2 aromatic carbocycles. The Kier molecular flexibility index (Phi) is 6.89. The summed E-state index contributed by atoms with van der Waals surface area (Å²) in [6.45, 7) is -1.16. The van der Waals surface area contributed by atoms with Gasteiger partial charge in [0.2, 0.25) is 5.78 Å². The van der Waals surface area contributed by atoms with Gasteiger partial charge in [-0.15, -0.1) is 0 Å². The first-order valence-corrected chi connectivity index (χ1v) is 8.01. The molecule has 0 saturated carbocycles. The van der Waals surface area contributed by atoms with Gasteiger partial charge >= 0.3 is 6.61 Å². The van der Waals surface area contributed by atoms with Crippen molar-refractivity contribution < 1.29 is 27.8 Å². The molecule has 2 rings (SSSR count). The van der Waals surface area contributed by atoms with Crippen molar-refractivity contribution >= 4 is 11.9 Å². The van der Waals surface area contributed by atoms with Crippen LogP contribution in [0.4, 0.5) is 8.78 Å². The van der Waals surface area contributed by atoms with Crippen molar-refractivity contribution in [3.63, 3.8) is 0 Å². The fraction of sp³-hybridized carbons (Fsp3) is 0.200. The number of hydrogen-bond acceptors (Lipinski definition) is 5. The van der Waals surface area contributed by atoms with Crippen molar-refractivity contribution in [3.8, 4) is 23.3 Å². The summed E-state index contributed by atoms with van der Waals surface area (Å²) in [4.78, 5) is 12.7. The summed E-state index contributed by atoms with van der Waals surface area (Å²) < 4.78 is 40.6. The quantitative estimate of drug-likeness (QED) is 0.388. The van der Waals surface area contributed by atoms with Crippen LogP contribution in [-0.4, -0.2) is 26.1 Å². The molecule has 0 spiro atoms. The number of benzene rings is 2.